The fourth-order valence-electron chi connectivity index (χ4n) is 6.90. The van der Waals surface area contributed by atoms with Crippen LogP contribution in [0.3, 0.4) is 0 Å². The Hall–Kier alpha value is -3.48. The first-order valence-electron chi connectivity index (χ1n) is 13.1. The van der Waals surface area contributed by atoms with Crippen molar-refractivity contribution in [2.24, 2.45) is 28.7 Å². The van der Waals surface area contributed by atoms with E-state index in [0.29, 0.717) is 24.8 Å². The minimum absolute atomic E-state index is 0.0596. The number of ether oxygens (including phenoxy) is 1. The van der Waals surface area contributed by atoms with E-state index in [4.69, 9.17) is 4.74 Å². The summed E-state index contributed by atoms with van der Waals surface area (Å²) in [5, 5.41) is 3.94. The van der Waals surface area contributed by atoms with Crippen LogP contribution in [0.4, 0.5) is 4.79 Å². The minimum Gasteiger partial charge on any atom is -0.444 e. The van der Waals surface area contributed by atoms with Crippen LogP contribution < -0.4 is 5.32 Å². The number of nitrogens with one attached hydrogen (secondary N) is 2. The number of pyridine rings is 1. The lowest BCUT2D eigenvalue weighted by atomic mass is 9.55. The van der Waals surface area contributed by atoms with Crippen molar-refractivity contribution in [3.63, 3.8) is 0 Å². The largest absolute Gasteiger partial charge is 0.444 e. The van der Waals surface area contributed by atoms with Gasteiger partial charge in [0.2, 0.25) is 0 Å². The van der Waals surface area contributed by atoms with Crippen molar-refractivity contribution in [3.8, 4) is 0 Å². The molecule has 0 saturated heterocycles. The molecule has 36 heavy (non-hydrogen) atoms. The highest BCUT2D eigenvalue weighted by atomic mass is 16.6. The van der Waals surface area contributed by atoms with Crippen molar-refractivity contribution < 1.29 is 14.3 Å². The zero-order valence-electron chi connectivity index (χ0n) is 20.4. The van der Waals surface area contributed by atoms with Crippen LogP contribution in [0.5, 0.6) is 0 Å². The summed E-state index contributed by atoms with van der Waals surface area (Å²) in [7, 11) is 0. The fourth-order valence-corrected chi connectivity index (χ4v) is 6.90. The molecule has 4 fully saturated rings. The van der Waals surface area contributed by atoms with Gasteiger partial charge >= 0.3 is 6.09 Å². The molecule has 0 aliphatic heterocycles. The molecule has 7 heteroatoms. The fraction of sp³-hybridized carbons (Fsp3) is 0.448. The molecule has 2 aromatic heterocycles. The molecule has 4 bridgehead atoms. The molecule has 7 rings (SSSR count). The number of H-pyrrole nitrogens is 1. The molecule has 0 radical (unpaired) electrons. The van der Waals surface area contributed by atoms with E-state index in [1.807, 2.05) is 48.7 Å². The average Bonchev–Trinajstić information content (AvgIpc) is 3.29. The van der Waals surface area contributed by atoms with Gasteiger partial charge in [-0.15, -0.1) is 0 Å². The summed E-state index contributed by atoms with van der Waals surface area (Å²) in [6.45, 7) is 0.410. The number of benzene rings is 1. The molecular formula is C29H32N4O3. The summed E-state index contributed by atoms with van der Waals surface area (Å²) >= 11 is 0. The van der Waals surface area contributed by atoms with E-state index in [9.17, 15) is 9.59 Å². The van der Waals surface area contributed by atoms with Crippen LogP contribution in [-0.4, -0.2) is 40.3 Å². The van der Waals surface area contributed by atoms with Gasteiger partial charge in [-0.3, -0.25) is 9.78 Å². The molecule has 4 aliphatic rings. The molecule has 2 amide bonds. The van der Waals surface area contributed by atoms with Gasteiger partial charge in [-0.2, -0.15) is 4.99 Å². The lowest BCUT2D eigenvalue weighted by Crippen LogP contribution is -2.49. The Bertz CT molecular complexity index is 1250. The first-order chi connectivity index (χ1) is 17.6. The molecule has 0 spiro atoms. The maximum atomic E-state index is 13.2. The van der Waals surface area contributed by atoms with Crippen molar-refractivity contribution in [3.05, 3.63) is 66.1 Å². The number of carbonyl (C=O) groups excluding carboxylic acids is 2. The number of amides is 2. The number of aromatic nitrogens is 2. The molecule has 1 aromatic carbocycles. The third-order valence-corrected chi connectivity index (χ3v) is 8.29. The summed E-state index contributed by atoms with van der Waals surface area (Å²) in [5.41, 5.74) is 2.98. The van der Waals surface area contributed by atoms with Gasteiger partial charge in [0, 0.05) is 48.4 Å². The molecule has 2 N–H and O–H groups in total. The highest BCUT2D eigenvalue weighted by Crippen LogP contribution is 2.54. The maximum absolute atomic E-state index is 13.2. The van der Waals surface area contributed by atoms with Crippen LogP contribution in [0.1, 0.15) is 43.4 Å². The predicted molar refractivity (Wildman–Crippen MR) is 138 cm³/mol. The van der Waals surface area contributed by atoms with Crippen LogP contribution in [0.2, 0.25) is 0 Å². The third kappa shape index (κ3) is 4.79. The number of aromatic amines is 1. The second-order valence-corrected chi connectivity index (χ2v) is 10.7. The molecule has 0 atom stereocenters. The Morgan fingerprint density at radius 3 is 2.50 bits per heavy atom. The second kappa shape index (κ2) is 9.88. The smallest absolute Gasteiger partial charge is 0.434 e. The summed E-state index contributed by atoms with van der Waals surface area (Å²) in [6, 6.07) is 13.6. The molecule has 0 unspecified atom stereocenters. The molecule has 4 aliphatic carbocycles. The van der Waals surface area contributed by atoms with Crippen molar-refractivity contribution >= 4 is 28.6 Å². The summed E-state index contributed by atoms with van der Waals surface area (Å²) in [4.78, 5) is 38.0. The van der Waals surface area contributed by atoms with E-state index in [1.54, 1.807) is 6.20 Å². The predicted octanol–water partition coefficient (Wildman–Crippen LogP) is 4.87. The Morgan fingerprint density at radius 2 is 1.75 bits per heavy atom. The standard InChI is InChI=1S/C29H32N4O3/c34-28(31-10-8-23-5-3-4-9-30-23)26(16-22-17-32-25-7-2-1-6-24(22)25)33-29(35)36-27-20-12-18-11-19(14-20)15-21(27)13-18/h1-7,9,17-21,27,32H,8,10-16H2,(H,31,34). The highest BCUT2D eigenvalue weighted by Gasteiger charge is 2.50. The van der Waals surface area contributed by atoms with Crippen molar-refractivity contribution in [2.45, 2.75) is 51.0 Å². The monoisotopic (exact) mass is 484 g/mol. The highest BCUT2D eigenvalue weighted by molar-refractivity contribution is 6.40. The van der Waals surface area contributed by atoms with Gasteiger partial charge < -0.3 is 15.0 Å². The van der Waals surface area contributed by atoms with Gasteiger partial charge in [0.25, 0.3) is 5.91 Å². The normalized spacial score (nSPS) is 26.8. The van der Waals surface area contributed by atoms with Gasteiger partial charge in [0.1, 0.15) is 11.8 Å². The molecule has 7 nitrogen and oxygen atoms in total. The number of para-hydroxylation sites is 1. The van der Waals surface area contributed by atoms with E-state index in [2.05, 4.69) is 20.3 Å². The van der Waals surface area contributed by atoms with E-state index >= 15 is 0 Å². The Labute approximate surface area is 210 Å². The second-order valence-electron chi connectivity index (χ2n) is 10.7. The zero-order chi connectivity index (χ0) is 24.5. The van der Waals surface area contributed by atoms with Gasteiger partial charge in [-0.05, 0) is 79.5 Å². The number of aliphatic imine (C=N–C) groups is 1. The number of carbonyl (C=O) groups is 2. The van der Waals surface area contributed by atoms with E-state index < -0.39 is 6.09 Å². The molecular weight excluding hydrogens is 452 g/mol. The lowest BCUT2D eigenvalue weighted by molar-refractivity contribution is -0.114. The van der Waals surface area contributed by atoms with Crippen LogP contribution in [0.25, 0.3) is 10.9 Å². The topological polar surface area (TPSA) is 96.4 Å². The Balaban J connectivity index is 1.18. The average molecular weight is 485 g/mol. The van der Waals surface area contributed by atoms with E-state index in [1.165, 1.54) is 6.42 Å². The molecule has 186 valence electrons. The van der Waals surface area contributed by atoms with Crippen LogP contribution in [0.15, 0.2) is 59.9 Å². The van der Waals surface area contributed by atoms with Crippen LogP contribution in [-0.2, 0) is 22.4 Å². The Morgan fingerprint density at radius 1 is 1.00 bits per heavy atom. The van der Waals surface area contributed by atoms with E-state index in [0.717, 1.165) is 59.7 Å². The summed E-state index contributed by atoms with van der Waals surface area (Å²) in [5.74, 6) is 2.15. The maximum Gasteiger partial charge on any atom is 0.434 e. The molecule has 2 heterocycles. The number of hydrogen-bond acceptors (Lipinski definition) is 4. The van der Waals surface area contributed by atoms with Crippen molar-refractivity contribution in [1.82, 2.24) is 15.3 Å². The lowest BCUT2D eigenvalue weighted by Gasteiger charge is -2.53. The SMILES string of the molecule is O=C(N=C(Cc1c[nH]c2ccccc12)C(=O)NCCc1ccccn1)OC1C2CC3CC(C2)CC1C3. The quantitative estimate of drug-likeness (QED) is 0.468. The van der Waals surface area contributed by atoms with Gasteiger partial charge in [0.15, 0.2) is 0 Å². The Kier molecular flexibility index (Phi) is 6.30. The number of nitrogens with zero attached hydrogens (tertiary/aromatic N) is 2. The number of rotatable bonds is 7. The van der Waals surface area contributed by atoms with Crippen molar-refractivity contribution in [2.75, 3.05) is 6.54 Å². The van der Waals surface area contributed by atoms with Gasteiger partial charge in [0.05, 0.1) is 0 Å². The van der Waals surface area contributed by atoms with Gasteiger partial charge in [-0.1, -0.05) is 24.3 Å². The first-order valence-corrected chi connectivity index (χ1v) is 13.1. The third-order valence-electron chi connectivity index (χ3n) is 8.29. The van der Waals surface area contributed by atoms with Crippen LogP contribution >= 0.6 is 0 Å². The van der Waals surface area contributed by atoms with Crippen LogP contribution in [0, 0.1) is 23.7 Å². The van der Waals surface area contributed by atoms with Gasteiger partial charge in [-0.25, -0.2) is 4.79 Å². The molecule has 4 saturated carbocycles. The minimum atomic E-state index is -0.637. The number of fused-ring (bicyclic) bond motifs is 1. The van der Waals surface area contributed by atoms with Crippen molar-refractivity contribution in [1.29, 1.82) is 0 Å². The summed E-state index contributed by atoms with van der Waals surface area (Å²) < 4.78 is 5.96. The summed E-state index contributed by atoms with van der Waals surface area (Å²) in [6.07, 6.45) is 9.75. The first kappa shape index (κ1) is 23.0. The van der Waals surface area contributed by atoms with E-state index in [-0.39, 0.29) is 24.1 Å². The zero-order valence-corrected chi connectivity index (χ0v) is 20.4. The molecule has 3 aromatic rings. The number of hydrogen-bond donors (Lipinski definition) is 2.